The first kappa shape index (κ1) is 24.9. The standard InChI is InChI=1S/C32H21BrClN3O3/c33-19-11-15-21(16-12-19)37-30(39)27-26-22-5-1-3-7-24(22)32(28(27)31(37)40,25-8-4-2-6-23(25)26)17-35-36-29(38)18-9-13-20(34)14-10-18/h1-17,26-28H,(H,36,38)/b35-17-/t26?,27-,28-,32?/m1/s1. The molecular weight excluding hydrogens is 590 g/mol. The van der Waals surface area contributed by atoms with E-state index in [0.29, 0.717) is 16.3 Å². The second-order valence-electron chi connectivity index (χ2n) is 10.2. The highest BCUT2D eigenvalue weighted by molar-refractivity contribution is 9.10. The van der Waals surface area contributed by atoms with Gasteiger partial charge < -0.3 is 0 Å². The topological polar surface area (TPSA) is 78.8 Å². The zero-order chi connectivity index (χ0) is 27.6. The van der Waals surface area contributed by atoms with Crippen LogP contribution >= 0.6 is 27.5 Å². The van der Waals surface area contributed by atoms with Crippen LogP contribution in [0.4, 0.5) is 5.69 Å². The normalized spacial score (nSPS) is 24.1. The molecule has 2 atom stereocenters. The lowest BCUT2D eigenvalue weighted by Gasteiger charge is -2.52. The molecule has 4 aromatic carbocycles. The number of nitrogens with zero attached hydrogens (tertiary/aromatic N) is 2. The molecule has 0 unspecified atom stereocenters. The van der Waals surface area contributed by atoms with E-state index < -0.39 is 23.2 Å². The van der Waals surface area contributed by atoms with E-state index in [-0.39, 0.29) is 17.7 Å². The molecule has 0 aromatic heterocycles. The molecule has 4 aromatic rings. The van der Waals surface area contributed by atoms with Crippen molar-refractivity contribution in [3.63, 3.8) is 0 Å². The largest absolute Gasteiger partial charge is 0.274 e. The Morgan fingerprint density at radius 1 is 0.850 bits per heavy atom. The lowest BCUT2D eigenvalue weighted by atomic mass is 9.47. The van der Waals surface area contributed by atoms with Gasteiger partial charge in [0.1, 0.15) is 0 Å². The van der Waals surface area contributed by atoms with Gasteiger partial charge in [-0.15, -0.1) is 0 Å². The molecule has 0 spiro atoms. The first-order valence-electron chi connectivity index (χ1n) is 12.8. The zero-order valence-electron chi connectivity index (χ0n) is 20.9. The highest BCUT2D eigenvalue weighted by Crippen LogP contribution is 2.63. The molecule has 1 heterocycles. The Balaban J connectivity index is 1.39. The van der Waals surface area contributed by atoms with Gasteiger partial charge in [0, 0.05) is 27.2 Å². The summed E-state index contributed by atoms with van der Waals surface area (Å²) in [6.45, 7) is 0. The van der Waals surface area contributed by atoms with Crippen LogP contribution in [0.3, 0.4) is 0 Å². The summed E-state index contributed by atoms with van der Waals surface area (Å²) in [5.74, 6) is -2.52. The molecule has 40 heavy (non-hydrogen) atoms. The molecule has 6 nitrogen and oxygen atoms in total. The molecule has 2 bridgehead atoms. The molecule has 8 heteroatoms. The summed E-state index contributed by atoms with van der Waals surface area (Å²) in [6, 6.07) is 29.5. The lowest BCUT2D eigenvalue weighted by molar-refractivity contribution is -0.122. The summed E-state index contributed by atoms with van der Waals surface area (Å²) in [6.07, 6.45) is 1.65. The minimum absolute atomic E-state index is 0.227. The number of hydrogen-bond donors (Lipinski definition) is 1. The van der Waals surface area contributed by atoms with Crippen LogP contribution in [-0.4, -0.2) is 23.9 Å². The van der Waals surface area contributed by atoms with Crippen molar-refractivity contribution in [1.29, 1.82) is 0 Å². The van der Waals surface area contributed by atoms with Crippen LogP contribution in [0.15, 0.2) is 107 Å². The number of hydrazone groups is 1. The first-order valence-corrected chi connectivity index (χ1v) is 14.0. The summed E-state index contributed by atoms with van der Waals surface area (Å²) >= 11 is 9.41. The van der Waals surface area contributed by atoms with E-state index in [4.69, 9.17) is 11.6 Å². The molecule has 8 rings (SSSR count). The van der Waals surface area contributed by atoms with Crippen LogP contribution in [0.25, 0.3) is 0 Å². The molecule has 3 amide bonds. The summed E-state index contributed by atoms with van der Waals surface area (Å²) in [7, 11) is 0. The third-order valence-corrected chi connectivity index (χ3v) is 9.09. The average Bonchev–Trinajstić information content (AvgIpc) is 3.24. The van der Waals surface area contributed by atoms with Gasteiger partial charge in [-0.2, -0.15) is 5.10 Å². The molecule has 1 N–H and O–H groups in total. The van der Waals surface area contributed by atoms with E-state index in [1.54, 1.807) is 42.6 Å². The summed E-state index contributed by atoms with van der Waals surface area (Å²) in [5.41, 5.74) is 6.34. The van der Waals surface area contributed by atoms with Gasteiger partial charge in [0.25, 0.3) is 5.91 Å². The zero-order valence-corrected chi connectivity index (χ0v) is 23.3. The quantitative estimate of drug-likeness (QED) is 0.173. The second kappa shape index (κ2) is 9.25. The number of anilines is 1. The average molecular weight is 611 g/mol. The smallest absolute Gasteiger partial charge is 0.271 e. The van der Waals surface area contributed by atoms with Crippen molar-refractivity contribution in [1.82, 2.24) is 5.43 Å². The van der Waals surface area contributed by atoms with E-state index in [9.17, 15) is 14.4 Å². The van der Waals surface area contributed by atoms with Crippen LogP contribution in [-0.2, 0) is 15.0 Å². The fourth-order valence-corrected chi connectivity index (χ4v) is 7.14. The number of rotatable bonds is 4. The summed E-state index contributed by atoms with van der Waals surface area (Å²) in [4.78, 5) is 42.7. The Kier molecular flexibility index (Phi) is 5.77. The van der Waals surface area contributed by atoms with Crippen molar-refractivity contribution in [3.8, 4) is 0 Å². The van der Waals surface area contributed by atoms with Crippen molar-refractivity contribution in [2.75, 3.05) is 4.90 Å². The highest BCUT2D eigenvalue weighted by Gasteiger charge is 2.68. The lowest BCUT2D eigenvalue weighted by Crippen LogP contribution is -2.54. The van der Waals surface area contributed by atoms with Crippen molar-refractivity contribution in [3.05, 3.63) is 134 Å². The number of halogens is 2. The van der Waals surface area contributed by atoms with Gasteiger partial charge in [-0.3, -0.25) is 14.4 Å². The van der Waals surface area contributed by atoms with Gasteiger partial charge in [-0.25, -0.2) is 10.3 Å². The van der Waals surface area contributed by atoms with Gasteiger partial charge in [-0.1, -0.05) is 76.1 Å². The predicted octanol–water partition coefficient (Wildman–Crippen LogP) is 6.07. The Morgan fingerprint density at radius 2 is 1.45 bits per heavy atom. The number of carbonyl (C=O) groups is 3. The van der Waals surface area contributed by atoms with Gasteiger partial charge in [0.05, 0.1) is 22.9 Å². The molecular formula is C32H21BrClN3O3. The number of imide groups is 1. The molecule has 0 radical (unpaired) electrons. The fraction of sp³-hybridized carbons (Fsp3) is 0.125. The van der Waals surface area contributed by atoms with Gasteiger partial charge in [0.2, 0.25) is 11.8 Å². The SMILES string of the molecule is O=C(N/N=C\C12c3ccccc3C(c3ccccc31)[C@H]1C(=O)N(c3ccc(Br)cc3)C(=O)[C@@H]12)c1ccc(Cl)cc1. The van der Waals surface area contributed by atoms with Gasteiger partial charge in [-0.05, 0) is 70.8 Å². The molecule has 3 aliphatic carbocycles. The van der Waals surface area contributed by atoms with Crippen molar-refractivity contribution >= 4 is 57.2 Å². The number of benzene rings is 4. The number of hydrogen-bond acceptors (Lipinski definition) is 4. The third kappa shape index (κ3) is 3.47. The van der Waals surface area contributed by atoms with E-state index in [1.807, 2.05) is 60.7 Å². The molecule has 0 saturated carbocycles. The maximum absolute atomic E-state index is 14.3. The van der Waals surface area contributed by atoms with Crippen LogP contribution in [0.5, 0.6) is 0 Å². The van der Waals surface area contributed by atoms with Crippen molar-refractivity contribution in [2.24, 2.45) is 16.9 Å². The predicted molar refractivity (Wildman–Crippen MR) is 157 cm³/mol. The van der Waals surface area contributed by atoms with Gasteiger partial charge >= 0.3 is 0 Å². The maximum Gasteiger partial charge on any atom is 0.271 e. The van der Waals surface area contributed by atoms with E-state index in [2.05, 4.69) is 26.5 Å². The summed E-state index contributed by atoms with van der Waals surface area (Å²) < 4.78 is 0.854. The van der Waals surface area contributed by atoms with Crippen LogP contribution in [0, 0.1) is 11.8 Å². The Labute approximate surface area is 243 Å². The Hall–Kier alpha value is -4.07. The van der Waals surface area contributed by atoms with E-state index >= 15 is 0 Å². The number of amides is 3. The molecule has 1 fully saturated rings. The maximum atomic E-state index is 14.3. The number of nitrogens with one attached hydrogen (secondary N) is 1. The molecule has 4 aliphatic rings. The molecule has 196 valence electrons. The Bertz CT molecular complexity index is 1690. The monoisotopic (exact) mass is 609 g/mol. The van der Waals surface area contributed by atoms with E-state index in [1.165, 1.54) is 4.90 Å². The minimum atomic E-state index is -1.06. The van der Waals surface area contributed by atoms with E-state index in [0.717, 1.165) is 26.7 Å². The van der Waals surface area contributed by atoms with Crippen LogP contribution in [0.1, 0.15) is 38.5 Å². The molecule has 1 saturated heterocycles. The van der Waals surface area contributed by atoms with Crippen LogP contribution < -0.4 is 10.3 Å². The van der Waals surface area contributed by atoms with Gasteiger partial charge in [0.15, 0.2) is 0 Å². The minimum Gasteiger partial charge on any atom is -0.274 e. The Morgan fingerprint density at radius 3 is 2.08 bits per heavy atom. The number of carbonyl (C=O) groups excluding carboxylic acids is 3. The third-order valence-electron chi connectivity index (χ3n) is 8.31. The fourth-order valence-electron chi connectivity index (χ4n) is 6.75. The first-order chi connectivity index (χ1) is 19.4. The highest BCUT2D eigenvalue weighted by atomic mass is 79.9. The summed E-state index contributed by atoms with van der Waals surface area (Å²) in [5, 5.41) is 4.97. The van der Waals surface area contributed by atoms with Crippen LogP contribution in [0.2, 0.25) is 5.02 Å². The second-order valence-corrected chi connectivity index (χ2v) is 11.6. The van der Waals surface area contributed by atoms with Crippen molar-refractivity contribution < 1.29 is 14.4 Å². The van der Waals surface area contributed by atoms with Crippen molar-refractivity contribution in [2.45, 2.75) is 11.3 Å². The molecule has 1 aliphatic heterocycles.